The van der Waals surface area contributed by atoms with E-state index in [-0.39, 0.29) is 24.2 Å². The van der Waals surface area contributed by atoms with Gasteiger partial charge in [0.1, 0.15) is 17.5 Å². The number of carbonyl (C=O) groups excluding carboxylic acids is 1. The van der Waals surface area contributed by atoms with Crippen molar-refractivity contribution in [2.45, 2.75) is 57.5 Å². The number of amides is 1. The molecular formula is C30H35NO5. The predicted octanol–water partition coefficient (Wildman–Crippen LogP) is 6.23. The maximum absolute atomic E-state index is 12.9. The van der Waals surface area contributed by atoms with Crippen molar-refractivity contribution in [2.75, 3.05) is 26.8 Å². The van der Waals surface area contributed by atoms with Gasteiger partial charge in [0, 0.05) is 12.5 Å². The second-order valence-electron chi connectivity index (χ2n) is 10.7. The van der Waals surface area contributed by atoms with Crippen LogP contribution in [-0.4, -0.2) is 49.5 Å². The summed E-state index contributed by atoms with van der Waals surface area (Å²) in [5.41, 5.74) is 2.80. The summed E-state index contributed by atoms with van der Waals surface area (Å²) in [6, 6.07) is 21.1. The van der Waals surface area contributed by atoms with Crippen molar-refractivity contribution >= 4 is 16.9 Å². The van der Waals surface area contributed by atoms with E-state index in [9.17, 15) is 4.79 Å². The number of nitrogens with zero attached hydrogens (tertiary/aromatic N) is 1. The third-order valence-electron chi connectivity index (χ3n) is 6.85. The maximum atomic E-state index is 12.9. The topological polar surface area (TPSA) is 60.5 Å². The summed E-state index contributed by atoms with van der Waals surface area (Å²) >= 11 is 0. The zero-order valence-corrected chi connectivity index (χ0v) is 21.5. The Bertz CT molecular complexity index is 1230. The van der Waals surface area contributed by atoms with E-state index in [2.05, 4.69) is 48.5 Å². The van der Waals surface area contributed by atoms with Crippen LogP contribution in [0.2, 0.25) is 0 Å². The molecule has 0 saturated carbocycles. The monoisotopic (exact) mass is 489 g/mol. The third-order valence-corrected chi connectivity index (χ3v) is 6.85. The van der Waals surface area contributed by atoms with Gasteiger partial charge in [-0.05, 0) is 66.8 Å². The van der Waals surface area contributed by atoms with Crippen molar-refractivity contribution in [2.24, 2.45) is 0 Å². The molecule has 0 aliphatic carbocycles. The normalized spacial score (nSPS) is 21.9. The number of ether oxygens (including phenoxy) is 4. The van der Waals surface area contributed by atoms with Crippen LogP contribution in [0.15, 0.2) is 60.7 Å². The molecule has 3 aromatic rings. The lowest BCUT2D eigenvalue weighted by Gasteiger charge is -2.39. The average Bonchev–Trinajstić information content (AvgIpc) is 3.71. The van der Waals surface area contributed by atoms with E-state index in [1.54, 1.807) is 12.0 Å². The van der Waals surface area contributed by atoms with Gasteiger partial charge in [-0.3, -0.25) is 0 Å². The standard InChI is InChI=1S/C30H35NO5/c1-30(2,3)36-29(32)31-14-13-25(24-12-11-23(28-19-35-28)16-26(24)33-4)27(17-31)34-18-20-9-10-21-7-5-6-8-22(21)15-20/h5-12,15-16,25,27-28H,13-14,17-19H2,1-4H3. The van der Waals surface area contributed by atoms with Crippen LogP contribution in [0.3, 0.4) is 0 Å². The summed E-state index contributed by atoms with van der Waals surface area (Å²) in [6.07, 6.45) is 0.432. The van der Waals surface area contributed by atoms with Gasteiger partial charge >= 0.3 is 6.09 Å². The van der Waals surface area contributed by atoms with Gasteiger partial charge in [-0.2, -0.15) is 0 Å². The summed E-state index contributed by atoms with van der Waals surface area (Å²) in [4.78, 5) is 14.7. The first-order valence-electron chi connectivity index (χ1n) is 12.7. The average molecular weight is 490 g/mol. The van der Waals surface area contributed by atoms with E-state index in [4.69, 9.17) is 18.9 Å². The molecule has 0 aromatic heterocycles. The van der Waals surface area contributed by atoms with Crippen LogP contribution in [0.1, 0.15) is 55.9 Å². The lowest BCUT2D eigenvalue weighted by Crippen LogP contribution is -2.48. The molecule has 2 heterocycles. The highest BCUT2D eigenvalue weighted by Crippen LogP contribution is 2.40. The molecule has 0 spiro atoms. The first-order valence-corrected chi connectivity index (χ1v) is 12.7. The van der Waals surface area contributed by atoms with Crippen molar-refractivity contribution in [3.63, 3.8) is 0 Å². The van der Waals surface area contributed by atoms with Crippen LogP contribution >= 0.6 is 0 Å². The molecule has 36 heavy (non-hydrogen) atoms. The number of hydrogen-bond donors (Lipinski definition) is 0. The minimum Gasteiger partial charge on any atom is -0.496 e. The van der Waals surface area contributed by atoms with Crippen LogP contribution in [0.4, 0.5) is 4.79 Å². The second kappa shape index (κ2) is 10.1. The predicted molar refractivity (Wildman–Crippen MR) is 139 cm³/mol. The molecule has 2 saturated heterocycles. The Balaban J connectivity index is 1.38. The Morgan fingerprint density at radius 2 is 1.83 bits per heavy atom. The van der Waals surface area contributed by atoms with Gasteiger partial charge < -0.3 is 23.8 Å². The van der Waals surface area contributed by atoms with Crippen LogP contribution in [0.5, 0.6) is 5.75 Å². The van der Waals surface area contributed by atoms with E-state index < -0.39 is 5.60 Å². The van der Waals surface area contributed by atoms with E-state index in [1.165, 1.54) is 10.8 Å². The zero-order chi connectivity index (χ0) is 25.3. The number of piperidine rings is 1. The van der Waals surface area contributed by atoms with Crippen molar-refractivity contribution in [3.05, 3.63) is 77.4 Å². The lowest BCUT2D eigenvalue weighted by atomic mass is 9.85. The maximum Gasteiger partial charge on any atom is 0.410 e. The summed E-state index contributed by atoms with van der Waals surface area (Å²) in [5.74, 6) is 0.936. The van der Waals surface area contributed by atoms with Gasteiger partial charge in [-0.1, -0.05) is 48.5 Å². The van der Waals surface area contributed by atoms with Crippen molar-refractivity contribution in [1.29, 1.82) is 0 Å². The molecule has 1 amide bonds. The van der Waals surface area contributed by atoms with Gasteiger partial charge in [0.2, 0.25) is 0 Å². The second-order valence-corrected chi connectivity index (χ2v) is 10.7. The number of hydrogen-bond acceptors (Lipinski definition) is 5. The third kappa shape index (κ3) is 5.66. The van der Waals surface area contributed by atoms with Gasteiger partial charge in [-0.15, -0.1) is 0 Å². The zero-order valence-electron chi connectivity index (χ0n) is 21.5. The van der Waals surface area contributed by atoms with Crippen molar-refractivity contribution in [1.82, 2.24) is 4.90 Å². The summed E-state index contributed by atoms with van der Waals surface area (Å²) < 4.78 is 23.5. The molecule has 2 aliphatic heterocycles. The molecule has 2 aliphatic rings. The molecule has 3 unspecified atom stereocenters. The molecule has 0 radical (unpaired) electrons. The number of epoxide rings is 1. The number of methoxy groups -OCH3 is 1. The van der Waals surface area contributed by atoms with E-state index >= 15 is 0 Å². The number of benzene rings is 3. The fourth-order valence-electron chi connectivity index (χ4n) is 4.94. The highest BCUT2D eigenvalue weighted by molar-refractivity contribution is 5.82. The number of rotatable bonds is 6. The highest BCUT2D eigenvalue weighted by Gasteiger charge is 2.37. The highest BCUT2D eigenvalue weighted by atomic mass is 16.6. The molecule has 3 aromatic carbocycles. The SMILES string of the molecule is COc1cc(C2CO2)ccc1C1CCN(C(=O)OC(C)(C)C)CC1OCc1ccc2ccccc2c1. The molecule has 5 rings (SSSR count). The Morgan fingerprint density at radius 3 is 2.56 bits per heavy atom. The van der Waals surface area contributed by atoms with E-state index in [0.29, 0.717) is 19.7 Å². The summed E-state index contributed by atoms with van der Waals surface area (Å²) in [7, 11) is 1.71. The summed E-state index contributed by atoms with van der Waals surface area (Å²) in [5, 5.41) is 2.39. The first-order chi connectivity index (χ1) is 17.3. The van der Waals surface area contributed by atoms with Crippen LogP contribution < -0.4 is 4.74 Å². The summed E-state index contributed by atoms with van der Waals surface area (Å²) in [6.45, 7) is 7.96. The Morgan fingerprint density at radius 1 is 1.06 bits per heavy atom. The van der Waals surface area contributed by atoms with Crippen molar-refractivity contribution in [3.8, 4) is 5.75 Å². The van der Waals surface area contributed by atoms with Crippen LogP contribution in [-0.2, 0) is 20.8 Å². The van der Waals surface area contributed by atoms with Gasteiger partial charge in [0.15, 0.2) is 0 Å². The Labute approximate surface area is 213 Å². The van der Waals surface area contributed by atoms with Crippen LogP contribution in [0, 0.1) is 0 Å². The molecule has 0 N–H and O–H groups in total. The van der Waals surface area contributed by atoms with Crippen LogP contribution in [0.25, 0.3) is 10.8 Å². The Kier molecular flexibility index (Phi) is 6.91. The molecule has 0 bridgehead atoms. The smallest absolute Gasteiger partial charge is 0.410 e. The number of carbonyl (C=O) groups is 1. The fourth-order valence-corrected chi connectivity index (χ4v) is 4.94. The minimum atomic E-state index is -0.542. The molecule has 6 heteroatoms. The largest absolute Gasteiger partial charge is 0.496 e. The quantitative estimate of drug-likeness (QED) is 0.384. The molecule has 190 valence electrons. The van der Waals surface area contributed by atoms with Crippen molar-refractivity contribution < 1.29 is 23.7 Å². The first kappa shape index (κ1) is 24.6. The molecule has 6 nitrogen and oxygen atoms in total. The minimum absolute atomic E-state index is 0.0910. The number of likely N-dealkylation sites (tertiary alicyclic amines) is 1. The van der Waals surface area contributed by atoms with Gasteiger partial charge in [-0.25, -0.2) is 4.79 Å². The van der Waals surface area contributed by atoms with E-state index in [1.807, 2.05) is 32.9 Å². The molecule has 2 fully saturated rings. The van der Waals surface area contributed by atoms with E-state index in [0.717, 1.165) is 35.5 Å². The lowest BCUT2D eigenvalue weighted by molar-refractivity contribution is -0.0362. The van der Waals surface area contributed by atoms with Gasteiger partial charge in [0.25, 0.3) is 0 Å². The molecular weight excluding hydrogens is 454 g/mol. The molecule has 3 atom stereocenters. The van der Waals surface area contributed by atoms with Gasteiger partial charge in [0.05, 0.1) is 33.0 Å². The number of fused-ring (bicyclic) bond motifs is 1. The Hall–Kier alpha value is -3.09. The fraction of sp³-hybridized carbons (Fsp3) is 0.433.